The molecule has 14 heavy (non-hydrogen) atoms. The number of rotatable bonds is 3. The van der Waals surface area contributed by atoms with E-state index in [1.54, 1.807) is 7.11 Å². The van der Waals surface area contributed by atoms with Crippen LogP contribution in [0.15, 0.2) is 0 Å². The zero-order valence-corrected chi connectivity index (χ0v) is 9.12. The van der Waals surface area contributed by atoms with Crippen LogP contribution in [-0.2, 0) is 4.74 Å². The quantitative estimate of drug-likeness (QED) is 0.690. The summed E-state index contributed by atoms with van der Waals surface area (Å²) in [7, 11) is 1.74. The number of ether oxygens (including phenoxy) is 1. The molecule has 2 bridgehead atoms. The van der Waals surface area contributed by atoms with E-state index in [0.29, 0.717) is 5.92 Å². The van der Waals surface area contributed by atoms with Crippen molar-refractivity contribution in [1.82, 2.24) is 0 Å². The average Bonchev–Trinajstić information content (AvgIpc) is 2.77. The van der Waals surface area contributed by atoms with Gasteiger partial charge in [0.15, 0.2) is 0 Å². The van der Waals surface area contributed by atoms with Crippen LogP contribution in [0.2, 0.25) is 0 Å². The van der Waals surface area contributed by atoms with E-state index in [2.05, 4.69) is 13.0 Å². The largest absolute Gasteiger partial charge is 0.382 e. The minimum absolute atomic E-state index is 0.0433. The van der Waals surface area contributed by atoms with E-state index in [9.17, 15) is 5.26 Å². The van der Waals surface area contributed by atoms with Crippen LogP contribution in [0.25, 0.3) is 0 Å². The van der Waals surface area contributed by atoms with Crippen LogP contribution in [0.5, 0.6) is 0 Å². The fourth-order valence-corrected chi connectivity index (χ4v) is 3.47. The van der Waals surface area contributed by atoms with Gasteiger partial charge in [-0.15, -0.1) is 0 Å². The minimum Gasteiger partial charge on any atom is -0.382 e. The Balaban J connectivity index is 2.08. The van der Waals surface area contributed by atoms with Crippen LogP contribution in [0.4, 0.5) is 0 Å². The summed E-state index contributed by atoms with van der Waals surface area (Å²) < 4.78 is 5.30. The molecule has 2 nitrogen and oxygen atoms in total. The first-order chi connectivity index (χ1) is 6.70. The van der Waals surface area contributed by atoms with Gasteiger partial charge in [-0.3, -0.25) is 0 Å². The summed E-state index contributed by atoms with van der Waals surface area (Å²) in [5.74, 6) is 1.50. The highest BCUT2D eigenvalue weighted by molar-refractivity contribution is 5.12. The number of methoxy groups -OCH3 is 1. The van der Waals surface area contributed by atoms with Gasteiger partial charge < -0.3 is 4.74 Å². The van der Waals surface area contributed by atoms with Gasteiger partial charge in [-0.1, -0.05) is 6.42 Å². The van der Waals surface area contributed by atoms with Gasteiger partial charge in [-0.05, 0) is 44.4 Å². The lowest BCUT2D eigenvalue weighted by Crippen LogP contribution is -2.30. The molecular weight excluding hydrogens is 174 g/mol. The van der Waals surface area contributed by atoms with Crippen molar-refractivity contribution in [1.29, 1.82) is 5.26 Å². The molecule has 2 rings (SSSR count). The first-order valence-electron chi connectivity index (χ1n) is 5.64. The molecule has 2 heteroatoms. The molecule has 0 spiro atoms. The van der Waals surface area contributed by atoms with Gasteiger partial charge in [0.1, 0.15) is 0 Å². The molecule has 0 aromatic heterocycles. The number of fused-ring (bicyclic) bond motifs is 2. The van der Waals surface area contributed by atoms with E-state index in [4.69, 9.17) is 4.74 Å². The first kappa shape index (κ1) is 9.98. The van der Waals surface area contributed by atoms with Crippen molar-refractivity contribution in [3.8, 4) is 6.07 Å². The zero-order valence-electron chi connectivity index (χ0n) is 9.12. The van der Waals surface area contributed by atoms with Gasteiger partial charge in [0.05, 0.1) is 17.6 Å². The lowest BCUT2D eigenvalue weighted by molar-refractivity contribution is 0.0622. The molecule has 0 heterocycles. The summed E-state index contributed by atoms with van der Waals surface area (Å²) >= 11 is 0. The van der Waals surface area contributed by atoms with E-state index in [0.717, 1.165) is 18.8 Å². The summed E-state index contributed by atoms with van der Waals surface area (Å²) in [5, 5.41) is 9.38. The van der Waals surface area contributed by atoms with Crippen LogP contribution >= 0.6 is 0 Å². The molecule has 0 saturated heterocycles. The maximum absolute atomic E-state index is 9.38. The van der Waals surface area contributed by atoms with E-state index in [1.165, 1.54) is 19.3 Å². The Labute approximate surface area is 86.2 Å². The number of hydrogen-bond acceptors (Lipinski definition) is 2. The number of nitrogens with zero attached hydrogens (tertiary/aromatic N) is 1. The standard InChI is InChI=1S/C12H19NO/c1-9(14-2)6-12(8-13)7-10-3-4-11(12)5-10/h9-11H,3-7H2,1-2H3. The van der Waals surface area contributed by atoms with Gasteiger partial charge in [-0.25, -0.2) is 0 Å². The second-order valence-corrected chi connectivity index (χ2v) is 5.10. The van der Waals surface area contributed by atoms with Crippen LogP contribution in [0.1, 0.15) is 39.0 Å². The molecule has 0 aromatic rings. The van der Waals surface area contributed by atoms with Gasteiger partial charge >= 0.3 is 0 Å². The molecule has 2 fully saturated rings. The fraction of sp³-hybridized carbons (Fsp3) is 0.917. The molecule has 78 valence electrons. The highest BCUT2D eigenvalue weighted by atomic mass is 16.5. The Morgan fingerprint density at radius 3 is 2.79 bits per heavy atom. The summed E-state index contributed by atoms with van der Waals surface area (Å²) in [6, 6.07) is 2.59. The van der Waals surface area contributed by atoms with Crippen molar-refractivity contribution in [2.45, 2.75) is 45.1 Å². The molecule has 0 aromatic carbocycles. The second kappa shape index (κ2) is 3.55. The Kier molecular flexibility index (Phi) is 2.53. The first-order valence-corrected chi connectivity index (χ1v) is 5.64. The van der Waals surface area contributed by atoms with E-state index in [-0.39, 0.29) is 11.5 Å². The third-order valence-electron chi connectivity index (χ3n) is 4.25. The molecule has 4 atom stereocenters. The van der Waals surface area contributed by atoms with Crippen molar-refractivity contribution in [2.75, 3.05) is 7.11 Å². The van der Waals surface area contributed by atoms with Crippen LogP contribution < -0.4 is 0 Å². The van der Waals surface area contributed by atoms with E-state index in [1.807, 2.05) is 0 Å². The van der Waals surface area contributed by atoms with Crippen molar-refractivity contribution in [2.24, 2.45) is 17.3 Å². The maximum Gasteiger partial charge on any atom is 0.0693 e. The average molecular weight is 193 g/mol. The lowest BCUT2D eigenvalue weighted by atomic mass is 9.71. The molecule has 0 amide bonds. The molecule has 0 aliphatic heterocycles. The molecule has 4 unspecified atom stereocenters. The minimum atomic E-state index is -0.0433. The maximum atomic E-state index is 9.38. The summed E-state index contributed by atoms with van der Waals surface area (Å²) in [5.41, 5.74) is -0.0433. The van der Waals surface area contributed by atoms with Crippen LogP contribution in [0.3, 0.4) is 0 Å². The van der Waals surface area contributed by atoms with Crippen molar-refractivity contribution in [3.63, 3.8) is 0 Å². The van der Waals surface area contributed by atoms with Crippen molar-refractivity contribution >= 4 is 0 Å². The second-order valence-electron chi connectivity index (χ2n) is 5.10. The summed E-state index contributed by atoms with van der Waals surface area (Å²) in [6.07, 6.45) is 6.21. The topological polar surface area (TPSA) is 33.0 Å². The number of nitriles is 1. The predicted molar refractivity (Wildman–Crippen MR) is 54.6 cm³/mol. The Morgan fingerprint density at radius 2 is 2.36 bits per heavy atom. The van der Waals surface area contributed by atoms with Crippen molar-refractivity contribution in [3.05, 3.63) is 0 Å². The SMILES string of the molecule is COC(C)CC1(C#N)CC2CCC1C2. The Morgan fingerprint density at radius 1 is 1.57 bits per heavy atom. The van der Waals surface area contributed by atoms with Gasteiger partial charge in [0.25, 0.3) is 0 Å². The van der Waals surface area contributed by atoms with Gasteiger partial charge in [0.2, 0.25) is 0 Å². The molecule has 2 saturated carbocycles. The molecular formula is C12H19NO. The molecule has 0 radical (unpaired) electrons. The molecule has 2 aliphatic carbocycles. The third kappa shape index (κ3) is 1.44. The monoisotopic (exact) mass is 193 g/mol. The molecule has 0 N–H and O–H groups in total. The summed E-state index contributed by atoms with van der Waals surface area (Å²) in [6.45, 7) is 2.07. The normalized spacial score (nSPS) is 42.4. The van der Waals surface area contributed by atoms with Gasteiger partial charge in [0, 0.05) is 7.11 Å². The summed E-state index contributed by atoms with van der Waals surface area (Å²) in [4.78, 5) is 0. The predicted octanol–water partition coefficient (Wildman–Crippen LogP) is 2.74. The number of hydrogen-bond donors (Lipinski definition) is 0. The highest BCUT2D eigenvalue weighted by Gasteiger charge is 2.51. The third-order valence-corrected chi connectivity index (χ3v) is 4.25. The zero-order chi connectivity index (χ0) is 10.2. The van der Waals surface area contributed by atoms with E-state index < -0.39 is 0 Å². The Bertz CT molecular complexity index is 258. The molecule has 2 aliphatic rings. The van der Waals surface area contributed by atoms with Crippen LogP contribution in [-0.4, -0.2) is 13.2 Å². The highest BCUT2D eigenvalue weighted by Crippen LogP contribution is 2.57. The van der Waals surface area contributed by atoms with Gasteiger partial charge in [-0.2, -0.15) is 5.26 Å². The van der Waals surface area contributed by atoms with Crippen molar-refractivity contribution < 1.29 is 4.74 Å². The Hall–Kier alpha value is -0.550. The smallest absolute Gasteiger partial charge is 0.0693 e. The fourth-order valence-electron chi connectivity index (χ4n) is 3.47. The van der Waals surface area contributed by atoms with E-state index >= 15 is 0 Å². The van der Waals surface area contributed by atoms with Crippen LogP contribution in [0, 0.1) is 28.6 Å². The lowest BCUT2D eigenvalue weighted by Gasteiger charge is -2.32.